The standard InChI is InChI=1S/C25H27N5O3/c1-4-21-15-33-25(32)30(21)24-28-17(3)27-23(29-24)26-16(2)19-10-12-20(13-11-19)22(31)14-18-8-6-5-7-9-18/h5-13,16,21H,4,14-15H2,1-3H3,(H,26,27,28,29)/t16-,21+/m1/s1. The van der Waals surface area contributed by atoms with E-state index in [-0.39, 0.29) is 23.8 Å². The van der Waals surface area contributed by atoms with E-state index >= 15 is 0 Å². The summed E-state index contributed by atoms with van der Waals surface area (Å²) in [6, 6.07) is 17.0. The summed E-state index contributed by atoms with van der Waals surface area (Å²) in [7, 11) is 0. The van der Waals surface area contributed by atoms with Gasteiger partial charge in [0.05, 0.1) is 12.1 Å². The number of cyclic esters (lactones) is 1. The zero-order valence-corrected chi connectivity index (χ0v) is 19.0. The SMILES string of the molecule is CC[C@H]1COC(=O)N1c1nc(C)nc(N[C@H](C)c2ccc(C(=O)Cc3ccccc3)cc2)n1. The van der Waals surface area contributed by atoms with Gasteiger partial charge in [-0.25, -0.2) is 9.69 Å². The second-order valence-electron chi connectivity index (χ2n) is 8.09. The van der Waals surface area contributed by atoms with Crippen molar-refractivity contribution in [2.75, 3.05) is 16.8 Å². The largest absolute Gasteiger partial charge is 0.447 e. The van der Waals surface area contributed by atoms with Crippen LogP contribution in [-0.2, 0) is 11.2 Å². The topological polar surface area (TPSA) is 97.3 Å². The van der Waals surface area contributed by atoms with Crippen molar-refractivity contribution in [2.24, 2.45) is 0 Å². The molecule has 3 aromatic rings. The minimum absolute atomic E-state index is 0.0778. The molecule has 1 aromatic heterocycles. The molecule has 4 rings (SSSR count). The molecule has 33 heavy (non-hydrogen) atoms. The molecule has 0 spiro atoms. The maximum absolute atomic E-state index is 12.6. The van der Waals surface area contributed by atoms with Crippen molar-refractivity contribution in [1.29, 1.82) is 0 Å². The van der Waals surface area contributed by atoms with Crippen LogP contribution in [0.5, 0.6) is 0 Å². The third-order valence-corrected chi connectivity index (χ3v) is 5.67. The van der Waals surface area contributed by atoms with Crippen molar-refractivity contribution >= 4 is 23.8 Å². The lowest BCUT2D eigenvalue weighted by molar-refractivity contribution is 0.0993. The van der Waals surface area contributed by atoms with E-state index in [1.807, 2.05) is 68.4 Å². The van der Waals surface area contributed by atoms with Crippen LogP contribution in [0.1, 0.15) is 53.6 Å². The molecule has 1 amide bonds. The average Bonchev–Trinajstić information content (AvgIpc) is 3.20. The number of nitrogens with zero attached hydrogens (tertiary/aromatic N) is 4. The number of benzene rings is 2. The van der Waals surface area contributed by atoms with Crippen molar-refractivity contribution in [3.63, 3.8) is 0 Å². The van der Waals surface area contributed by atoms with Crippen LogP contribution < -0.4 is 10.2 Å². The quantitative estimate of drug-likeness (QED) is 0.509. The number of nitrogens with one attached hydrogen (secondary N) is 1. The number of amides is 1. The van der Waals surface area contributed by atoms with Gasteiger partial charge in [0.25, 0.3) is 0 Å². The van der Waals surface area contributed by atoms with Crippen LogP contribution >= 0.6 is 0 Å². The molecule has 1 aliphatic heterocycles. The Morgan fingerprint density at radius 3 is 2.55 bits per heavy atom. The summed E-state index contributed by atoms with van der Waals surface area (Å²) in [5.41, 5.74) is 2.65. The normalized spacial score (nSPS) is 16.4. The molecule has 0 saturated carbocycles. The number of anilines is 2. The molecule has 1 aliphatic rings. The molecule has 2 heterocycles. The minimum Gasteiger partial charge on any atom is -0.447 e. The molecule has 0 unspecified atom stereocenters. The summed E-state index contributed by atoms with van der Waals surface area (Å²) in [5, 5.41) is 3.27. The van der Waals surface area contributed by atoms with Crippen molar-refractivity contribution < 1.29 is 14.3 Å². The second kappa shape index (κ2) is 9.77. The molecule has 0 bridgehead atoms. The van der Waals surface area contributed by atoms with Crippen LogP contribution in [0.25, 0.3) is 0 Å². The molecule has 1 fully saturated rings. The monoisotopic (exact) mass is 445 g/mol. The van der Waals surface area contributed by atoms with E-state index in [9.17, 15) is 9.59 Å². The first kappa shape index (κ1) is 22.4. The van der Waals surface area contributed by atoms with Crippen LogP contribution in [0.2, 0.25) is 0 Å². The predicted octanol–water partition coefficient (Wildman–Crippen LogP) is 4.51. The Hall–Kier alpha value is -3.81. The van der Waals surface area contributed by atoms with Crippen LogP contribution in [0.15, 0.2) is 54.6 Å². The van der Waals surface area contributed by atoms with Gasteiger partial charge in [0.2, 0.25) is 11.9 Å². The van der Waals surface area contributed by atoms with Gasteiger partial charge in [-0.3, -0.25) is 4.79 Å². The Morgan fingerprint density at radius 2 is 1.85 bits per heavy atom. The van der Waals surface area contributed by atoms with Gasteiger partial charge in [-0.15, -0.1) is 0 Å². The van der Waals surface area contributed by atoms with Crippen LogP contribution in [0.3, 0.4) is 0 Å². The molecule has 8 heteroatoms. The lowest BCUT2D eigenvalue weighted by atomic mass is 10.0. The first-order valence-electron chi connectivity index (χ1n) is 11.1. The summed E-state index contributed by atoms with van der Waals surface area (Å²) >= 11 is 0. The fourth-order valence-corrected chi connectivity index (χ4v) is 3.76. The Morgan fingerprint density at radius 1 is 1.12 bits per heavy atom. The number of aryl methyl sites for hydroxylation is 1. The minimum atomic E-state index is -0.442. The zero-order chi connectivity index (χ0) is 23.4. The lowest BCUT2D eigenvalue weighted by Gasteiger charge is -2.20. The van der Waals surface area contributed by atoms with Gasteiger partial charge in [0, 0.05) is 12.0 Å². The highest BCUT2D eigenvalue weighted by atomic mass is 16.6. The van der Waals surface area contributed by atoms with E-state index in [0.29, 0.717) is 30.4 Å². The van der Waals surface area contributed by atoms with Gasteiger partial charge in [-0.1, -0.05) is 61.5 Å². The summed E-state index contributed by atoms with van der Waals surface area (Å²) in [4.78, 5) is 39.4. The molecular weight excluding hydrogens is 418 g/mol. The van der Waals surface area contributed by atoms with Crippen LogP contribution in [0, 0.1) is 6.92 Å². The van der Waals surface area contributed by atoms with Gasteiger partial charge < -0.3 is 10.1 Å². The van der Waals surface area contributed by atoms with E-state index in [2.05, 4.69) is 20.3 Å². The lowest BCUT2D eigenvalue weighted by Crippen LogP contribution is -2.34. The van der Waals surface area contributed by atoms with Crippen LogP contribution in [0.4, 0.5) is 16.7 Å². The molecule has 0 aliphatic carbocycles. The number of carbonyl (C=O) groups is 2. The van der Waals surface area contributed by atoms with Gasteiger partial charge in [-0.2, -0.15) is 15.0 Å². The maximum atomic E-state index is 12.6. The van der Waals surface area contributed by atoms with Crippen molar-refractivity contribution in [3.05, 3.63) is 77.1 Å². The Balaban J connectivity index is 1.46. The third-order valence-electron chi connectivity index (χ3n) is 5.67. The molecule has 2 atom stereocenters. The second-order valence-corrected chi connectivity index (χ2v) is 8.09. The number of Topliss-reactive ketones (excluding diaryl/α,β-unsaturated/α-hetero) is 1. The van der Waals surface area contributed by atoms with E-state index in [1.165, 1.54) is 4.90 Å². The first-order valence-corrected chi connectivity index (χ1v) is 11.1. The highest BCUT2D eigenvalue weighted by molar-refractivity contribution is 5.97. The smallest absolute Gasteiger partial charge is 0.417 e. The molecule has 170 valence electrons. The number of hydrogen-bond donors (Lipinski definition) is 1. The van der Waals surface area contributed by atoms with Crippen molar-refractivity contribution in [2.45, 2.75) is 45.7 Å². The highest BCUT2D eigenvalue weighted by Crippen LogP contribution is 2.24. The van der Waals surface area contributed by atoms with Gasteiger partial charge in [0.1, 0.15) is 12.4 Å². The number of carbonyl (C=O) groups excluding carboxylic acids is 2. The van der Waals surface area contributed by atoms with Crippen molar-refractivity contribution in [3.8, 4) is 0 Å². The number of aromatic nitrogens is 3. The van der Waals surface area contributed by atoms with E-state index in [1.54, 1.807) is 6.92 Å². The molecule has 8 nitrogen and oxygen atoms in total. The van der Waals surface area contributed by atoms with E-state index in [4.69, 9.17) is 4.74 Å². The fraction of sp³-hybridized carbons (Fsp3) is 0.320. The predicted molar refractivity (Wildman–Crippen MR) is 125 cm³/mol. The molecule has 2 aromatic carbocycles. The maximum Gasteiger partial charge on any atom is 0.417 e. The zero-order valence-electron chi connectivity index (χ0n) is 19.0. The first-order chi connectivity index (χ1) is 15.9. The van der Waals surface area contributed by atoms with Gasteiger partial charge in [-0.05, 0) is 31.4 Å². The number of ether oxygens (including phenoxy) is 1. The van der Waals surface area contributed by atoms with E-state index < -0.39 is 6.09 Å². The van der Waals surface area contributed by atoms with Gasteiger partial charge >= 0.3 is 6.09 Å². The number of rotatable bonds is 8. The summed E-state index contributed by atoms with van der Waals surface area (Å²) in [6.07, 6.45) is 0.672. The Labute approximate surface area is 193 Å². The Bertz CT molecular complexity index is 1130. The summed E-state index contributed by atoms with van der Waals surface area (Å²) in [5.74, 6) is 1.25. The number of ketones is 1. The Kier molecular flexibility index (Phi) is 6.63. The summed E-state index contributed by atoms with van der Waals surface area (Å²) in [6.45, 7) is 6.06. The molecule has 0 radical (unpaired) electrons. The third kappa shape index (κ3) is 5.16. The molecule has 1 N–H and O–H groups in total. The highest BCUT2D eigenvalue weighted by Gasteiger charge is 2.35. The molecular formula is C25H27N5O3. The van der Waals surface area contributed by atoms with Crippen LogP contribution in [-0.4, -0.2) is 39.5 Å². The fourth-order valence-electron chi connectivity index (χ4n) is 3.76. The number of hydrogen-bond acceptors (Lipinski definition) is 7. The van der Waals surface area contributed by atoms with Crippen molar-refractivity contribution in [1.82, 2.24) is 15.0 Å². The average molecular weight is 446 g/mol. The van der Waals surface area contributed by atoms with E-state index in [0.717, 1.165) is 17.5 Å². The summed E-state index contributed by atoms with van der Waals surface area (Å²) < 4.78 is 5.16. The molecule has 1 saturated heterocycles. The van der Waals surface area contributed by atoms with Gasteiger partial charge in [0.15, 0.2) is 5.78 Å².